The zero-order valence-electron chi connectivity index (χ0n) is 9.93. The lowest BCUT2D eigenvalue weighted by atomic mass is 10.1. The van der Waals surface area contributed by atoms with Gasteiger partial charge in [0.1, 0.15) is 5.75 Å². The van der Waals surface area contributed by atoms with Crippen molar-refractivity contribution in [2.75, 3.05) is 0 Å². The molecule has 0 bridgehead atoms. The van der Waals surface area contributed by atoms with Gasteiger partial charge < -0.3 is 9.72 Å². The van der Waals surface area contributed by atoms with Gasteiger partial charge in [0.05, 0.1) is 5.52 Å². The number of rotatable bonds is 1. The van der Waals surface area contributed by atoms with Crippen LogP contribution in [0.5, 0.6) is 5.75 Å². The van der Waals surface area contributed by atoms with E-state index in [0.717, 1.165) is 33.6 Å². The van der Waals surface area contributed by atoms with Crippen LogP contribution in [0.2, 0.25) is 0 Å². The van der Waals surface area contributed by atoms with Crippen molar-refractivity contribution in [1.82, 2.24) is 15.0 Å². The topological polar surface area (TPSA) is 50.8 Å². The second-order valence-corrected chi connectivity index (χ2v) is 5.48. The average Bonchev–Trinajstić information content (AvgIpc) is 3.00. The smallest absolute Gasteiger partial charge is 0.177 e. The van der Waals surface area contributed by atoms with Gasteiger partial charge in [-0.15, -0.1) is 0 Å². The molecule has 0 spiro atoms. The Kier molecular flexibility index (Phi) is 2.35. The molecule has 4 rings (SSSR count). The van der Waals surface area contributed by atoms with Gasteiger partial charge in [0.25, 0.3) is 0 Å². The number of fused-ring (bicyclic) bond motifs is 2. The Labute approximate surface area is 118 Å². The summed E-state index contributed by atoms with van der Waals surface area (Å²) in [4.78, 5) is 12.1. The fraction of sp³-hybridized carbons (Fsp3) is 0.143. The third kappa shape index (κ3) is 1.81. The molecule has 1 atom stereocenters. The van der Waals surface area contributed by atoms with Crippen LogP contribution in [0.1, 0.15) is 17.5 Å². The minimum atomic E-state index is -0.0506. The maximum absolute atomic E-state index is 5.92. The first-order chi connectivity index (χ1) is 9.29. The molecule has 94 valence electrons. The number of ether oxygens (including phenoxy) is 1. The molecule has 1 aliphatic rings. The number of nitrogens with zero attached hydrogens (tertiary/aromatic N) is 2. The predicted octanol–water partition coefficient (Wildman–Crippen LogP) is 3.40. The summed E-state index contributed by atoms with van der Waals surface area (Å²) in [6.45, 7) is 0. The van der Waals surface area contributed by atoms with E-state index >= 15 is 0 Å². The number of hydrogen-bond acceptors (Lipinski definition) is 3. The quantitative estimate of drug-likeness (QED) is 0.748. The molecule has 2 aromatic heterocycles. The number of aromatic amines is 1. The highest BCUT2D eigenvalue weighted by atomic mass is 79.9. The van der Waals surface area contributed by atoms with E-state index in [1.807, 2.05) is 24.3 Å². The first-order valence-corrected chi connectivity index (χ1v) is 6.84. The van der Waals surface area contributed by atoms with Crippen LogP contribution >= 0.6 is 15.9 Å². The lowest BCUT2D eigenvalue weighted by Gasteiger charge is -2.06. The van der Waals surface area contributed by atoms with Crippen LogP contribution in [-0.2, 0) is 6.42 Å². The van der Waals surface area contributed by atoms with Crippen molar-refractivity contribution in [3.8, 4) is 5.75 Å². The van der Waals surface area contributed by atoms with E-state index in [9.17, 15) is 0 Å². The number of aromatic nitrogens is 3. The first kappa shape index (κ1) is 11.0. The lowest BCUT2D eigenvalue weighted by Crippen LogP contribution is -2.05. The van der Waals surface area contributed by atoms with E-state index < -0.39 is 0 Å². The number of hydrogen-bond donors (Lipinski definition) is 1. The van der Waals surface area contributed by atoms with Crippen LogP contribution in [-0.4, -0.2) is 15.0 Å². The van der Waals surface area contributed by atoms with Crippen molar-refractivity contribution < 1.29 is 4.74 Å². The normalized spacial score (nSPS) is 17.4. The Balaban J connectivity index is 1.73. The molecule has 4 nitrogen and oxygen atoms in total. The Morgan fingerprint density at radius 2 is 2.21 bits per heavy atom. The maximum Gasteiger partial charge on any atom is 0.177 e. The molecule has 1 N–H and O–H groups in total. The summed E-state index contributed by atoms with van der Waals surface area (Å²) >= 11 is 3.41. The second-order valence-electron chi connectivity index (χ2n) is 4.57. The highest BCUT2D eigenvalue weighted by molar-refractivity contribution is 9.10. The van der Waals surface area contributed by atoms with Crippen LogP contribution in [0.4, 0.5) is 0 Å². The fourth-order valence-corrected chi connectivity index (χ4v) is 2.71. The van der Waals surface area contributed by atoms with Crippen LogP contribution in [0.25, 0.3) is 11.2 Å². The third-order valence-corrected chi connectivity index (χ3v) is 3.71. The zero-order valence-corrected chi connectivity index (χ0v) is 11.5. The van der Waals surface area contributed by atoms with E-state index in [1.165, 1.54) is 5.56 Å². The van der Waals surface area contributed by atoms with Crippen LogP contribution in [0.3, 0.4) is 0 Å². The highest BCUT2D eigenvalue weighted by Crippen LogP contribution is 2.35. The molecule has 3 aromatic rings. The summed E-state index contributed by atoms with van der Waals surface area (Å²) in [6.07, 6.45) is 2.54. The van der Waals surface area contributed by atoms with E-state index in [2.05, 4.69) is 36.9 Å². The van der Waals surface area contributed by atoms with Crippen LogP contribution in [0, 0.1) is 0 Å². The van der Waals surface area contributed by atoms with Gasteiger partial charge in [-0.1, -0.05) is 18.2 Å². The minimum Gasteiger partial charge on any atom is -0.482 e. The Hall–Kier alpha value is -1.88. The molecule has 0 fully saturated rings. The summed E-state index contributed by atoms with van der Waals surface area (Å²) in [5.74, 6) is 1.78. The van der Waals surface area contributed by atoms with Crippen molar-refractivity contribution in [1.29, 1.82) is 0 Å². The number of H-pyrrole nitrogens is 1. The number of imidazole rings is 1. The summed E-state index contributed by atoms with van der Waals surface area (Å²) in [6, 6.07) is 10.1. The van der Waals surface area contributed by atoms with E-state index in [1.54, 1.807) is 6.20 Å². The summed E-state index contributed by atoms with van der Waals surface area (Å²) in [7, 11) is 0. The Bertz CT molecular complexity index is 743. The van der Waals surface area contributed by atoms with E-state index in [4.69, 9.17) is 4.74 Å². The molecule has 0 saturated carbocycles. The lowest BCUT2D eigenvalue weighted by molar-refractivity contribution is 0.229. The molecular weight excluding hydrogens is 306 g/mol. The molecule has 0 aliphatic carbocycles. The maximum atomic E-state index is 5.92. The molecule has 0 amide bonds. The van der Waals surface area contributed by atoms with Gasteiger partial charge in [-0.05, 0) is 33.6 Å². The first-order valence-electron chi connectivity index (χ1n) is 6.05. The molecule has 0 radical (unpaired) electrons. The van der Waals surface area contributed by atoms with Gasteiger partial charge in [0.2, 0.25) is 0 Å². The average molecular weight is 316 g/mol. The summed E-state index contributed by atoms with van der Waals surface area (Å²) < 4.78 is 6.86. The Morgan fingerprint density at radius 3 is 3.11 bits per heavy atom. The van der Waals surface area contributed by atoms with Crippen LogP contribution < -0.4 is 4.74 Å². The standard InChI is InChI=1S/C14H10BrN3O/c15-9-6-10-13(16-7-9)18-14(17-10)12-5-8-3-1-2-4-11(8)19-12/h1-4,6-7,12H,5H2,(H,16,17,18). The van der Waals surface area contributed by atoms with Gasteiger partial charge in [0, 0.05) is 17.1 Å². The minimum absolute atomic E-state index is 0.0506. The molecule has 3 heterocycles. The zero-order chi connectivity index (χ0) is 12.8. The number of benzene rings is 1. The van der Waals surface area contributed by atoms with Gasteiger partial charge in [0.15, 0.2) is 17.6 Å². The summed E-state index contributed by atoms with van der Waals surface area (Å²) in [5.41, 5.74) is 2.86. The molecular formula is C14H10BrN3O. The number of halogens is 1. The fourth-order valence-electron chi connectivity index (χ4n) is 2.38. The van der Waals surface area contributed by atoms with Crippen molar-refractivity contribution in [2.24, 2.45) is 0 Å². The SMILES string of the molecule is Brc1cnc2nc(C3Cc4ccccc4O3)[nH]c2c1. The van der Waals surface area contributed by atoms with Crippen molar-refractivity contribution in [3.05, 3.63) is 52.4 Å². The molecule has 1 aromatic carbocycles. The van der Waals surface area contributed by atoms with Crippen molar-refractivity contribution >= 4 is 27.1 Å². The predicted molar refractivity (Wildman–Crippen MR) is 75.1 cm³/mol. The van der Waals surface area contributed by atoms with Gasteiger partial charge in [-0.25, -0.2) is 9.97 Å². The van der Waals surface area contributed by atoms with Crippen molar-refractivity contribution in [2.45, 2.75) is 12.5 Å². The van der Waals surface area contributed by atoms with Crippen molar-refractivity contribution in [3.63, 3.8) is 0 Å². The summed E-state index contributed by atoms with van der Waals surface area (Å²) in [5, 5.41) is 0. The Morgan fingerprint density at radius 1 is 1.32 bits per heavy atom. The number of nitrogens with one attached hydrogen (secondary N) is 1. The third-order valence-electron chi connectivity index (χ3n) is 3.27. The largest absolute Gasteiger partial charge is 0.482 e. The molecule has 19 heavy (non-hydrogen) atoms. The highest BCUT2D eigenvalue weighted by Gasteiger charge is 2.26. The van der Waals surface area contributed by atoms with Crippen LogP contribution in [0.15, 0.2) is 41.0 Å². The molecule has 5 heteroatoms. The number of para-hydroxylation sites is 1. The molecule has 0 saturated heterocycles. The second kappa shape index (κ2) is 4.06. The monoisotopic (exact) mass is 315 g/mol. The molecule has 1 unspecified atom stereocenters. The van der Waals surface area contributed by atoms with Gasteiger partial charge in [-0.2, -0.15) is 0 Å². The number of pyridine rings is 1. The van der Waals surface area contributed by atoms with E-state index in [0.29, 0.717) is 0 Å². The molecule has 1 aliphatic heterocycles. The van der Waals surface area contributed by atoms with E-state index in [-0.39, 0.29) is 6.10 Å². The van der Waals surface area contributed by atoms with Gasteiger partial charge >= 0.3 is 0 Å². The van der Waals surface area contributed by atoms with Gasteiger partial charge in [-0.3, -0.25) is 0 Å².